The van der Waals surface area contributed by atoms with Gasteiger partial charge in [-0.15, -0.1) is 0 Å². The quantitative estimate of drug-likeness (QED) is 0.548. The molecule has 2 rings (SSSR count). The van der Waals surface area contributed by atoms with Gasteiger partial charge in [-0.05, 0) is 31.4 Å². The molecule has 0 aliphatic heterocycles. The fourth-order valence-electron chi connectivity index (χ4n) is 2.58. The van der Waals surface area contributed by atoms with Gasteiger partial charge in [0, 0.05) is 0 Å². The van der Waals surface area contributed by atoms with Crippen LogP contribution in [0.2, 0.25) is 0 Å². The topological polar surface area (TPSA) is 130 Å². The minimum atomic E-state index is -1.10. The van der Waals surface area contributed by atoms with Crippen LogP contribution in [0.4, 0.5) is 0 Å². The molecule has 1 aromatic carbocycles. The summed E-state index contributed by atoms with van der Waals surface area (Å²) < 4.78 is 5.58. The lowest BCUT2D eigenvalue weighted by Gasteiger charge is -2.24. The molecular formula is C19H28N4O4. The van der Waals surface area contributed by atoms with E-state index in [1.165, 1.54) is 0 Å². The third-order valence-corrected chi connectivity index (χ3v) is 4.49. The summed E-state index contributed by atoms with van der Waals surface area (Å²) in [5.74, 6) is -0.701. The number of nitrogens with one attached hydrogen (secondary N) is 2. The molecule has 0 fully saturated rings. The van der Waals surface area contributed by atoms with E-state index in [1.807, 2.05) is 32.9 Å². The van der Waals surface area contributed by atoms with Gasteiger partial charge in [0.05, 0.1) is 12.1 Å². The van der Waals surface area contributed by atoms with Gasteiger partial charge >= 0.3 is 0 Å². The van der Waals surface area contributed by atoms with Crippen molar-refractivity contribution in [3.05, 3.63) is 30.2 Å². The lowest BCUT2D eigenvalue weighted by atomic mass is 10.0. The number of rotatable bonds is 8. The molecule has 1 heterocycles. The van der Waals surface area contributed by atoms with Crippen LogP contribution in [0.3, 0.4) is 0 Å². The van der Waals surface area contributed by atoms with E-state index in [9.17, 15) is 14.7 Å². The molecule has 0 saturated carbocycles. The molecular weight excluding hydrogens is 348 g/mol. The zero-order valence-corrected chi connectivity index (χ0v) is 16.1. The molecule has 4 unspecified atom stereocenters. The van der Waals surface area contributed by atoms with Crippen molar-refractivity contribution < 1.29 is 19.1 Å². The predicted molar refractivity (Wildman–Crippen MR) is 102 cm³/mol. The molecule has 5 N–H and O–H groups in total. The van der Waals surface area contributed by atoms with Gasteiger partial charge in [-0.1, -0.05) is 32.9 Å². The molecule has 148 valence electrons. The van der Waals surface area contributed by atoms with Crippen molar-refractivity contribution in [2.45, 2.75) is 58.3 Å². The van der Waals surface area contributed by atoms with E-state index in [-0.39, 0.29) is 17.7 Å². The smallest absolute Gasteiger partial charge is 0.242 e. The lowest BCUT2D eigenvalue weighted by molar-refractivity contribution is -0.130. The molecule has 0 saturated heterocycles. The lowest BCUT2D eigenvalue weighted by Crippen LogP contribution is -2.53. The fraction of sp³-hybridized carbons (Fsp3) is 0.526. The second-order valence-electron chi connectivity index (χ2n) is 6.99. The fourth-order valence-corrected chi connectivity index (χ4v) is 2.58. The summed E-state index contributed by atoms with van der Waals surface area (Å²) in [7, 11) is 0. The summed E-state index contributed by atoms with van der Waals surface area (Å²) in [4.78, 5) is 28.7. The normalized spacial score (nSPS) is 16.0. The Kier molecular flexibility index (Phi) is 6.92. The number of aromatic nitrogens is 1. The number of amides is 2. The third-order valence-electron chi connectivity index (χ3n) is 4.49. The summed E-state index contributed by atoms with van der Waals surface area (Å²) in [5, 5.41) is 15.9. The number of fused-ring (bicyclic) bond motifs is 1. The first-order valence-corrected chi connectivity index (χ1v) is 9.14. The average molecular weight is 376 g/mol. The molecule has 8 nitrogen and oxygen atoms in total. The summed E-state index contributed by atoms with van der Waals surface area (Å²) >= 11 is 0. The maximum absolute atomic E-state index is 12.4. The highest BCUT2D eigenvalue weighted by molar-refractivity contribution is 5.89. The summed E-state index contributed by atoms with van der Waals surface area (Å²) in [6.07, 6.45) is -0.648. The molecule has 8 heteroatoms. The number of benzene rings is 1. The first kappa shape index (κ1) is 20.9. The SMILES string of the molecule is CCC(NC(=O)C(C)NC(=O)C(N)C(C)C)C(O)c1nc2ccccc2o1. The van der Waals surface area contributed by atoms with E-state index in [4.69, 9.17) is 10.2 Å². The molecule has 27 heavy (non-hydrogen) atoms. The number of hydrogen-bond donors (Lipinski definition) is 4. The average Bonchev–Trinajstić information content (AvgIpc) is 3.08. The largest absolute Gasteiger partial charge is 0.438 e. The number of carbonyl (C=O) groups is 2. The zero-order chi connectivity index (χ0) is 20.1. The maximum atomic E-state index is 12.4. The highest BCUT2D eigenvalue weighted by Gasteiger charge is 2.28. The maximum Gasteiger partial charge on any atom is 0.242 e. The number of para-hydroxylation sites is 2. The second kappa shape index (κ2) is 8.96. The Hall–Kier alpha value is -2.45. The van der Waals surface area contributed by atoms with E-state index >= 15 is 0 Å². The van der Waals surface area contributed by atoms with Gasteiger partial charge in [0.1, 0.15) is 11.6 Å². The number of hydrogen-bond acceptors (Lipinski definition) is 6. The van der Waals surface area contributed by atoms with Gasteiger partial charge in [0.2, 0.25) is 17.7 Å². The van der Waals surface area contributed by atoms with Crippen molar-refractivity contribution in [2.75, 3.05) is 0 Å². The summed E-state index contributed by atoms with van der Waals surface area (Å²) in [5.41, 5.74) is 6.99. The molecule has 4 atom stereocenters. The van der Waals surface area contributed by atoms with E-state index < -0.39 is 30.1 Å². The van der Waals surface area contributed by atoms with Gasteiger partial charge in [0.25, 0.3) is 0 Å². The van der Waals surface area contributed by atoms with Crippen LogP contribution >= 0.6 is 0 Å². The Morgan fingerprint density at radius 3 is 2.44 bits per heavy atom. The number of aliphatic hydroxyl groups is 1. The van der Waals surface area contributed by atoms with Crippen LogP contribution in [0.25, 0.3) is 11.1 Å². The predicted octanol–water partition coefficient (Wildman–Crippen LogP) is 1.24. The minimum Gasteiger partial charge on any atom is -0.438 e. The minimum absolute atomic E-state index is 0.0374. The van der Waals surface area contributed by atoms with Crippen molar-refractivity contribution in [1.82, 2.24) is 15.6 Å². The molecule has 0 aliphatic rings. The Morgan fingerprint density at radius 1 is 1.19 bits per heavy atom. The van der Waals surface area contributed by atoms with Crippen LogP contribution in [0, 0.1) is 5.92 Å². The molecule has 1 aromatic heterocycles. The highest BCUT2D eigenvalue weighted by Crippen LogP contribution is 2.23. The molecule has 2 amide bonds. The van der Waals surface area contributed by atoms with Gasteiger partial charge in [0.15, 0.2) is 11.7 Å². The molecule has 0 aliphatic carbocycles. The van der Waals surface area contributed by atoms with Crippen LogP contribution < -0.4 is 16.4 Å². The van der Waals surface area contributed by atoms with E-state index in [1.54, 1.807) is 19.1 Å². The standard InChI is InChI=1S/C19H28N4O4/c1-5-12(16(24)19-23-13-8-6-7-9-14(13)27-19)22-17(25)11(4)21-18(26)15(20)10(2)3/h6-12,15-16,24H,5,20H2,1-4H3,(H,21,26)(H,22,25). The first-order valence-electron chi connectivity index (χ1n) is 9.14. The Balaban J connectivity index is 2.02. The number of aliphatic hydroxyl groups excluding tert-OH is 1. The van der Waals surface area contributed by atoms with Crippen molar-refractivity contribution in [2.24, 2.45) is 11.7 Å². The molecule has 0 spiro atoms. The number of carbonyl (C=O) groups excluding carboxylic acids is 2. The van der Waals surface area contributed by atoms with Crippen LogP contribution in [0.1, 0.15) is 46.1 Å². The van der Waals surface area contributed by atoms with Crippen molar-refractivity contribution in [3.8, 4) is 0 Å². The second-order valence-corrected chi connectivity index (χ2v) is 6.99. The van der Waals surface area contributed by atoms with Crippen LogP contribution in [-0.2, 0) is 9.59 Å². The summed E-state index contributed by atoms with van der Waals surface area (Å²) in [6, 6.07) is 5.10. The van der Waals surface area contributed by atoms with Crippen LogP contribution in [0.5, 0.6) is 0 Å². The van der Waals surface area contributed by atoms with Gasteiger partial charge in [-0.25, -0.2) is 4.98 Å². The van der Waals surface area contributed by atoms with Gasteiger partial charge in [-0.2, -0.15) is 0 Å². The zero-order valence-electron chi connectivity index (χ0n) is 16.1. The Labute approximate surface area is 158 Å². The van der Waals surface area contributed by atoms with E-state index in [0.29, 0.717) is 17.5 Å². The molecule has 0 radical (unpaired) electrons. The van der Waals surface area contributed by atoms with Gasteiger partial charge < -0.3 is 25.9 Å². The first-order chi connectivity index (χ1) is 12.7. The third kappa shape index (κ3) is 5.05. The Morgan fingerprint density at radius 2 is 1.85 bits per heavy atom. The van der Waals surface area contributed by atoms with E-state index in [2.05, 4.69) is 15.6 Å². The molecule has 2 aromatic rings. The van der Waals surface area contributed by atoms with Crippen LogP contribution in [-0.4, -0.2) is 40.0 Å². The number of nitrogens with zero attached hydrogens (tertiary/aromatic N) is 1. The van der Waals surface area contributed by atoms with E-state index in [0.717, 1.165) is 0 Å². The highest BCUT2D eigenvalue weighted by atomic mass is 16.4. The monoisotopic (exact) mass is 376 g/mol. The number of oxazole rings is 1. The molecule has 0 bridgehead atoms. The van der Waals surface area contributed by atoms with Crippen molar-refractivity contribution >= 4 is 22.9 Å². The number of nitrogens with two attached hydrogens (primary N) is 1. The van der Waals surface area contributed by atoms with Gasteiger partial charge in [-0.3, -0.25) is 9.59 Å². The Bertz CT molecular complexity index is 756. The summed E-state index contributed by atoms with van der Waals surface area (Å²) in [6.45, 7) is 7.06. The van der Waals surface area contributed by atoms with Crippen LogP contribution in [0.15, 0.2) is 28.7 Å². The van der Waals surface area contributed by atoms with Crippen molar-refractivity contribution in [1.29, 1.82) is 0 Å². The van der Waals surface area contributed by atoms with Crippen molar-refractivity contribution in [3.63, 3.8) is 0 Å².